The number of nitrogens with one attached hydrogen (secondary N) is 1. The minimum absolute atomic E-state index is 0.102. The summed E-state index contributed by atoms with van der Waals surface area (Å²) >= 11 is 0. The van der Waals surface area contributed by atoms with Crippen LogP contribution in [0.2, 0.25) is 0 Å². The van der Waals surface area contributed by atoms with Gasteiger partial charge in [-0.15, -0.1) is 0 Å². The SMILES string of the molecule is O=C(NCc1cccc(CN2CCOCC2)c1)C1(c2ccccc2)CCOCC1. The van der Waals surface area contributed by atoms with E-state index in [0.717, 1.165) is 56.8 Å². The van der Waals surface area contributed by atoms with E-state index in [0.29, 0.717) is 19.8 Å². The summed E-state index contributed by atoms with van der Waals surface area (Å²) in [5, 5.41) is 3.21. The maximum absolute atomic E-state index is 13.3. The first-order valence-electron chi connectivity index (χ1n) is 10.6. The number of hydrogen-bond donors (Lipinski definition) is 1. The predicted octanol–water partition coefficient (Wildman–Crippen LogP) is 2.88. The van der Waals surface area contributed by atoms with Gasteiger partial charge in [0.1, 0.15) is 0 Å². The molecule has 0 bridgehead atoms. The molecule has 0 aromatic heterocycles. The molecule has 29 heavy (non-hydrogen) atoms. The molecule has 2 fully saturated rings. The molecule has 4 rings (SSSR count). The first-order valence-corrected chi connectivity index (χ1v) is 10.6. The van der Waals surface area contributed by atoms with E-state index in [1.54, 1.807) is 0 Å². The van der Waals surface area contributed by atoms with Gasteiger partial charge in [-0.25, -0.2) is 0 Å². The summed E-state index contributed by atoms with van der Waals surface area (Å²) in [6, 6.07) is 18.7. The number of hydrogen-bond acceptors (Lipinski definition) is 4. The molecule has 0 unspecified atom stereocenters. The second-order valence-electron chi connectivity index (χ2n) is 7.95. The van der Waals surface area contributed by atoms with Crippen LogP contribution in [0.3, 0.4) is 0 Å². The lowest BCUT2D eigenvalue weighted by molar-refractivity contribution is -0.130. The minimum atomic E-state index is -0.495. The normalized spacial score (nSPS) is 19.6. The average Bonchev–Trinajstić information content (AvgIpc) is 2.79. The molecule has 0 saturated carbocycles. The molecule has 2 aromatic carbocycles. The topological polar surface area (TPSA) is 50.8 Å². The highest BCUT2D eigenvalue weighted by molar-refractivity contribution is 5.88. The van der Waals surface area contributed by atoms with Crippen molar-refractivity contribution >= 4 is 5.91 Å². The standard InChI is InChI=1S/C24H30N2O3/c27-23(24(9-13-28-14-10-24)22-7-2-1-3-8-22)25-18-20-5-4-6-21(17-20)19-26-11-15-29-16-12-26/h1-8,17H,9-16,18-19H2,(H,25,27). The summed E-state index contributed by atoms with van der Waals surface area (Å²) in [4.78, 5) is 15.7. The lowest BCUT2D eigenvalue weighted by Gasteiger charge is -2.36. The maximum Gasteiger partial charge on any atom is 0.231 e. The van der Waals surface area contributed by atoms with E-state index in [1.165, 1.54) is 5.56 Å². The fraction of sp³-hybridized carbons (Fsp3) is 0.458. The summed E-state index contributed by atoms with van der Waals surface area (Å²) in [7, 11) is 0. The highest BCUT2D eigenvalue weighted by Gasteiger charge is 2.41. The van der Waals surface area contributed by atoms with Crippen LogP contribution in [-0.2, 0) is 32.8 Å². The van der Waals surface area contributed by atoms with Crippen molar-refractivity contribution in [2.75, 3.05) is 39.5 Å². The number of amides is 1. The molecule has 5 heteroatoms. The van der Waals surface area contributed by atoms with Crippen LogP contribution in [0.5, 0.6) is 0 Å². The second kappa shape index (κ2) is 9.53. The van der Waals surface area contributed by atoms with E-state index in [2.05, 4.69) is 46.6 Å². The third-order valence-electron chi connectivity index (χ3n) is 6.06. The minimum Gasteiger partial charge on any atom is -0.381 e. The van der Waals surface area contributed by atoms with Crippen LogP contribution in [0.25, 0.3) is 0 Å². The Hall–Kier alpha value is -2.21. The number of carbonyl (C=O) groups is 1. The Kier molecular flexibility index (Phi) is 6.60. The van der Waals surface area contributed by atoms with Crippen molar-refractivity contribution < 1.29 is 14.3 Å². The van der Waals surface area contributed by atoms with Crippen LogP contribution in [0.15, 0.2) is 54.6 Å². The number of rotatable bonds is 6. The Bertz CT molecular complexity index is 797. The smallest absolute Gasteiger partial charge is 0.231 e. The lowest BCUT2D eigenvalue weighted by Crippen LogP contribution is -2.47. The Morgan fingerprint density at radius 2 is 1.59 bits per heavy atom. The van der Waals surface area contributed by atoms with E-state index >= 15 is 0 Å². The van der Waals surface area contributed by atoms with Crippen LogP contribution >= 0.6 is 0 Å². The number of carbonyl (C=O) groups excluding carboxylic acids is 1. The molecule has 0 aliphatic carbocycles. The summed E-state index contributed by atoms with van der Waals surface area (Å²) in [5.41, 5.74) is 3.01. The summed E-state index contributed by atoms with van der Waals surface area (Å²) in [6.45, 7) is 6.28. The molecule has 0 radical (unpaired) electrons. The number of benzene rings is 2. The number of morpholine rings is 1. The van der Waals surface area contributed by atoms with E-state index in [9.17, 15) is 4.79 Å². The fourth-order valence-electron chi connectivity index (χ4n) is 4.33. The van der Waals surface area contributed by atoms with Gasteiger partial charge in [0.05, 0.1) is 18.6 Å². The lowest BCUT2D eigenvalue weighted by atomic mass is 9.73. The highest BCUT2D eigenvalue weighted by Crippen LogP contribution is 2.35. The van der Waals surface area contributed by atoms with Crippen molar-refractivity contribution in [1.82, 2.24) is 10.2 Å². The molecule has 2 aromatic rings. The zero-order valence-corrected chi connectivity index (χ0v) is 16.9. The van der Waals surface area contributed by atoms with Crippen molar-refractivity contribution in [2.45, 2.75) is 31.3 Å². The molecule has 0 spiro atoms. The Labute approximate surface area is 173 Å². The van der Waals surface area contributed by atoms with E-state index in [1.807, 2.05) is 18.2 Å². The average molecular weight is 395 g/mol. The zero-order chi connectivity index (χ0) is 19.9. The van der Waals surface area contributed by atoms with Gasteiger partial charge in [-0.1, -0.05) is 54.6 Å². The zero-order valence-electron chi connectivity index (χ0n) is 16.9. The molecular formula is C24H30N2O3. The molecule has 0 atom stereocenters. The first kappa shape index (κ1) is 20.1. The molecule has 1 amide bonds. The van der Waals surface area contributed by atoms with Crippen LogP contribution in [0.4, 0.5) is 0 Å². The summed E-state index contributed by atoms with van der Waals surface area (Å²) in [5.74, 6) is 0.102. The van der Waals surface area contributed by atoms with Crippen molar-refractivity contribution in [2.24, 2.45) is 0 Å². The third-order valence-corrected chi connectivity index (χ3v) is 6.06. The molecule has 5 nitrogen and oxygen atoms in total. The summed E-state index contributed by atoms with van der Waals surface area (Å²) in [6.07, 6.45) is 1.44. The van der Waals surface area contributed by atoms with Gasteiger partial charge in [-0.3, -0.25) is 9.69 Å². The van der Waals surface area contributed by atoms with E-state index in [-0.39, 0.29) is 5.91 Å². The van der Waals surface area contributed by atoms with E-state index < -0.39 is 5.41 Å². The van der Waals surface area contributed by atoms with Gasteiger partial charge >= 0.3 is 0 Å². The highest BCUT2D eigenvalue weighted by atomic mass is 16.5. The van der Waals surface area contributed by atoms with Gasteiger partial charge in [-0.2, -0.15) is 0 Å². The van der Waals surface area contributed by atoms with Crippen LogP contribution < -0.4 is 5.32 Å². The second-order valence-corrected chi connectivity index (χ2v) is 7.95. The molecule has 154 valence electrons. The molecular weight excluding hydrogens is 364 g/mol. The first-order chi connectivity index (χ1) is 14.3. The Morgan fingerprint density at radius 1 is 0.897 bits per heavy atom. The number of ether oxygens (including phenoxy) is 2. The predicted molar refractivity (Wildman–Crippen MR) is 113 cm³/mol. The van der Waals surface area contributed by atoms with E-state index in [4.69, 9.17) is 9.47 Å². The van der Waals surface area contributed by atoms with Crippen molar-refractivity contribution in [3.05, 3.63) is 71.3 Å². The van der Waals surface area contributed by atoms with Crippen molar-refractivity contribution in [3.8, 4) is 0 Å². The molecule has 1 N–H and O–H groups in total. The molecule has 2 heterocycles. The van der Waals surface area contributed by atoms with Crippen LogP contribution in [0.1, 0.15) is 29.5 Å². The molecule has 2 aliphatic rings. The van der Waals surface area contributed by atoms with Gasteiger partial charge in [0.2, 0.25) is 5.91 Å². The van der Waals surface area contributed by atoms with Crippen LogP contribution in [0, 0.1) is 0 Å². The summed E-state index contributed by atoms with van der Waals surface area (Å²) < 4.78 is 11.0. The quantitative estimate of drug-likeness (QED) is 0.819. The third kappa shape index (κ3) is 4.86. The van der Waals surface area contributed by atoms with Gasteiger partial charge in [-0.05, 0) is 29.5 Å². The monoisotopic (exact) mass is 394 g/mol. The molecule has 2 saturated heterocycles. The largest absolute Gasteiger partial charge is 0.381 e. The van der Waals surface area contributed by atoms with Gasteiger partial charge < -0.3 is 14.8 Å². The van der Waals surface area contributed by atoms with Crippen LogP contribution in [-0.4, -0.2) is 50.3 Å². The van der Waals surface area contributed by atoms with Crippen molar-refractivity contribution in [3.63, 3.8) is 0 Å². The fourth-order valence-corrected chi connectivity index (χ4v) is 4.33. The number of nitrogens with zero attached hydrogens (tertiary/aromatic N) is 1. The Balaban J connectivity index is 1.42. The van der Waals surface area contributed by atoms with Gasteiger partial charge in [0, 0.05) is 39.4 Å². The Morgan fingerprint density at radius 3 is 2.34 bits per heavy atom. The van der Waals surface area contributed by atoms with Gasteiger partial charge in [0.15, 0.2) is 0 Å². The maximum atomic E-state index is 13.3. The van der Waals surface area contributed by atoms with Crippen molar-refractivity contribution in [1.29, 1.82) is 0 Å². The van der Waals surface area contributed by atoms with Gasteiger partial charge in [0.25, 0.3) is 0 Å². The molecule has 2 aliphatic heterocycles.